The summed E-state index contributed by atoms with van der Waals surface area (Å²) in [5.74, 6) is -0.0407. The maximum atomic E-state index is 14.1. The molecule has 1 saturated carbocycles. The van der Waals surface area contributed by atoms with E-state index in [1.807, 2.05) is 6.20 Å². The molecule has 0 bridgehead atoms. The molecule has 9 heteroatoms. The molecule has 1 aromatic carbocycles. The van der Waals surface area contributed by atoms with Gasteiger partial charge in [-0.25, -0.2) is 23.7 Å². The lowest BCUT2D eigenvalue weighted by molar-refractivity contribution is 0.364. The van der Waals surface area contributed by atoms with Crippen molar-refractivity contribution >= 4 is 22.4 Å². The van der Waals surface area contributed by atoms with Crippen molar-refractivity contribution < 1.29 is 8.78 Å². The zero-order chi connectivity index (χ0) is 23.1. The quantitative estimate of drug-likeness (QED) is 0.384. The van der Waals surface area contributed by atoms with Gasteiger partial charge in [-0.05, 0) is 48.6 Å². The first kappa shape index (κ1) is 21.0. The van der Waals surface area contributed by atoms with Gasteiger partial charge in [0.25, 0.3) is 0 Å². The van der Waals surface area contributed by atoms with E-state index in [2.05, 4.69) is 25.9 Å². The van der Waals surface area contributed by atoms with Gasteiger partial charge in [0, 0.05) is 49.0 Å². The van der Waals surface area contributed by atoms with Crippen LogP contribution in [-0.2, 0) is 6.54 Å². The molecule has 1 saturated heterocycles. The first-order valence-electron chi connectivity index (χ1n) is 11.4. The maximum absolute atomic E-state index is 14.1. The summed E-state index contributed by atoms with van der Waals surface area (Å²) in [4.78, 5) is 18.4. The molecular weight excluding hydrogens is 436 g/mol. The minimum absolute atomic E-state index is 0.246. The van der Waals surface area contributed by atoms with Gasteiger partial charge < -0.3 is 16.0 Å². The Bertz CT molecular complexity index is 1350. The van der Waals surface area contributed by atoms with Gasteiger partial charge in [-0.1, -0.05) is 6.07 Å². The lowest BCUT2D eigenvalue weighted by Crippen LogP contribution is -2.55. The van der Waals surface area contributed by atoms with Crippen LogP contribution in [0.3, 0.4) is 0 Å². The molecule has 2 aliphatic rings. The second-order valence-corrected chi connectivity index (χ2v) is 8.78. The zero-order valence-corrected chi connectivity index (χ0v) is 18.4. The van der Waals surface area contributed by atoms with Crippen LogP contribution in [0.2, 0.25) is 0 Å². The molecule has 0 radical (unpaired) electrons. The Morgan fingerprint density at radius 1 is 1.03 bits per heavy atom. The van der Waals surface area contributed by atoms with E-state index in [-0.39, 0.29) is 5.69 Å². The van der Waals surface area contributed by atoms with E-state index in [4.69, 9.17) is 9.97 Å². The molecule has 0 spiro atoms. The number of pyridine rings is 2. The van der Waals surface area contributed by atoms with Gasteiger partial charge in [0.15, 0.2) is 5.82 Å². The molecule has 1 aliphatic carbocycles. The summed E-state index contributed by atoms with van der Waals surface area (Å²) in [6.07, 6.45) is 7.60. The predicted octanol–water partition coefficient (Wildman–Crippen LogP) is 4.05. The molecular formula is C25H23F2N7. The number of aromatic nitrogens is 4. The summed E-state index contributed by atoms with van der Waals surface area (Å²) >= 11 is 0. The summed E-state index contributed by atoms with van der Waals surface area (Å²) < 4.78 is 28.2. The third-order valence-electron chi connectivity index (χ3n) is 6.30. The lowest BCUT2D eigenvalue weighted by atomic mass is 10.0. The van der Waals surface area contributed by atoms with Gasteiger partial charge in [0.05, 0.1) is 17.4 Å². The van der Waals surface area contributed by atoms with Crippen LogP contribution in [0.15, 0.2) is 48.9 Å². The summed E-state index contributed by atoms with van der Waals surface area (Å²) in [7, 11) is 0. The van der Waals surface area contributed by atoms with Crippen molar-refractivity contribution in [3.63, 3.8) is 0 Å². The van der Waals surface area contributed by atoms with E-state index in [0.29, 0.717) is 35.7 Å². The van der Waals surface area contributed by atoms with Crippen LogP contribution < -0.4 is 16.0 Å². The highest BCUT2D eigenvalue weighted by Gasteiger charge is 2.28. The fourth-order valence-electron chi connectivity index (χ4n) is 4.21. The Morgan fingerprint density at radius 2 is 1.85 bits per heavy atom. The molecule has 3 aromatic heterocycles. The Morgan fingerprint density at radius 3 is 2.59 bits per heavy atom. The van der Waals surface area contributed by atoms with Crippen LogP contribution in [0.1, 0.15) is 30.0 Å². The van der Waals surface area contributed by atoms with E-state index in [9.17, 15) is 8.78 Å². The standard InChI is InChI=1S/C25H23F2N7/c26-18-2-1-3-19(27)24(18)34-22-8-15(6-7-30-22)25-32-20-12-29-11-17(14-4-5-14)23(20)21(33-25)13-31-16-9-28-10-16/h1-3,6-8,11-12,14,16,28,31H,4-5,9-10,13H2,(H,30,34). The highest BCUT2D eigenvalue weighted by molar-refractivity contribution is 5.86. The first-order chi connectivity index (χ1) is 16.7. The Hall–Kier alpha value is -3.56. The van der Waals surface area contributed by atoms with Crippen LogP contribution >= 0.6 is 0 Å². The molecule has 0 unspecified atom stereocenters. The number of fused-ring (bicyclic) bond motifs is 1. The number of nitrogens with zero attached hydrogens (tertiary/aromatic N) is 4. The molecule has 7 nitrogen and oxygen atoms in total. The molecule has 34 heavy (non-hydrogen) atoms. The summed E-state index contributed by atoms with van der Waals surface area (Å²) in [6, 6.07) is 7.62. The summed E-state index contributed by atoms with van der Waals surface area (Å²) in [5.41, 5.74) is 3.38. The van der Waals surface area contributed by atoms with E-state index in [1.54, 1.807) is 24.5 Å². The predicted molar refractivity (Wildman–Crippen MR) is 126 cm³/mol. The first-order valence-corrected chi connectivity index (χ1v) is 11.4. The number of para-hydroxylation sites is 1. The topological polar surface area (TPSA) is 87.7 Å². The monoisotopic (exact) mass is 459 g/mol. The van der Waals surface area contributed by atoms with Crippen molar-refractivity contribution in [2.75, 3.05) is 18.4 Å². The van der Waals surface area contributed by atoms with Crippen LogP contribution in [0.4, 0.5) is 20.3 Å². The van der Waals surface area contributed by atoms with Gasteiger partial charge in [-0.3, -0.25) is 4.98 Å². The van der Waals surface area contributed by atoms with Crippen molar-refractivity contribution in [3.05, 3.63) is 71.8 Å². The van der Waals surface area contributed by atoms with E-state index in [1.165, 1.54) is 23.8 Å². The minimum atomic E-state index is -0.688. The molecule has 6 rings (SSSR count). The normalized spacial score (nSPS) is 15.9. The fraction of sp³-hybridized carbons (Fsp3) is 0.280. The number of halogens is 2. The third kappa shape index (κ3) is 4.08. The average molecular weight is 460 g/mol. The van der Waals surface area contributed by atoms with Crippen molar-refractivity contribution in [1.29, 1.82) is 0 Å². The lowest BCUT2D eigenvalue weighted by Gasteiger charge is -2.28. The minimum Gasteiger partial charge on any atom is -0.335 e. The fourth-order valence-corrected chi connectivity index (χ4v) is 4.21. The average Bonchev–Trinajstić information content (AvgIpc) is 3.66. The molecule has 0 atom stereocenters. The van der Waals surface area contributed by atoms with Crippen LogP contribution in [-0.4, -0.2) is 39.1 Å². The molecule has 4 heterocycles. The Labute approximate surface area is 195 Å². The number of benzene rings is 1. The second-order valence-electron chi connectivity index (χ2n) is 8.78. The maximum Gasteiger partial charge on any atom is 0.160 e. The largest absolute Gasteiger partial charge is 0.335 e. The van der Waals surface area contributed by atoms with E-state index >= 15 is 0 Å². The second kappa shape index (κ2) is 8.66. The van der Waals surface area contributed by atoms with Gasteiger partial charge in [0.1, 0.15) is 23.1 Å². The van der Waals surface area contributed by atoms with Gasteiger partial charge >= 0.3 is 0 Å². The number of rotatable bonds is 7. The summed E-state index contributed by atoms with van der Waals surface area (Å²) in [6.45, 7) is 2.51. The van der Waals surface area contributed by atoms with E-state index in [0.717, 1.165) is 42.5 Å². The van der Waals surface area contributed by atoms with Crippen molar-refractivity contribution in [2.24, 2.45) is 0 Å². The highest BCUT2D eigenvalue weighted by atomic mass is 19.1. The Balaban J connectivity index is 1.39. The molecule has 2 fully saturated rings. The van der Waals surface area contributed by atoms with Crippen LogP contribution in [0.5, 0.6) is 0 Å². The molecule has 0 amide bonds. The molecule has 3 N–H and O–H groups in total. The van der Waals surface area contributed by atoms with E-state index < -0.39 is 11.6 Å². The zero-order valence-electron chi connectivity index (χ0n) is 18.4. The van der Waals surface area contributed by atoms with Crippen molar-refractivity contribution in [2.45, 2.75) is 31.3 Å². The molecule has 4 aromatic rings. The number of hydrogen-bond donors (Lipinski definition) is 3. The number of nitrogens with one attached hydrogen (secondary N) is 3. The smallest absolute Gasteiger partial charge is 0.160 e. The number of hydrogen-bond acceptors (Lipinski definition) is 7. The SMILES string of the molecule is Fc1cccc(F)c1Nc1cc(-c2nc(CNC3CNC3)c3c(C4CC4)cncc3n2)ccn1. The van der Waals surface area contributed by atoms with Gasteiger partial charge in [-0.15, -0.1) is 0 Å². The van der Waals surface area contributed by atoms with Crippen LogP contribution in [0, 0.1) is 11.6 Å². The van der Waals surface area contributed by atoms with Crippen molar-refractivity contribution in [3.8, 4) is 11.4 Å². The molecule has 1 aliphatic heterocycles. The van der Waals surface area contributed by atoms with Gasteiger partial charge in [-0.2, -0.15) is 0 Å². The molecule has 172 valence electrons. The highest BCUT2D eigenvalue weighted by Crippen LogP contribution is 2.43. The third-order valence-corrected chi connectivity index (χ3v) is 6.30. The Kier molecular flexibility index (Phi) is 5.35. The van der Waals surface area contributed by atoms with Crippen LogP contribution in [0.25, 0.3) is 22.3 Å². The summed E-state index contributed by atoms with van der Waals surface area (Å²) in [5, 5.41) is 10.7. The van der Waals surface area contributed by atoms with Crippen molar-refractivity contribution in [1.82, 2.24) is 30.6 Å². The van der Waals surface area contributed by atoms with Gasteiger partial charge in [0.2, 0.25) is 0 Å². The number of anilines is 2.